The van der Waals surface area contributed by atoms with Crippen molar-refractivity contribution in [3.63, 3.8) is 0 Å². The van der Waals surface area contributed by atoms with Gasteiger partial charge in [0.25, 0.3) is 5.91 Å². The van der Waals surface area contributed by atoms with Gasteiger partial charge in [-0.3, -0.25) is 19.7 Å². The predicted octanol–water partition coefficient (Wildman–Crippen LogP) is -0.619. The Morgan fingerprint density at radius 3 is 2.76 bits per heavy atom. The van der Waals surface area contributed by atoms with Gasteiger partial charge in [-0.2, -0.15) is 0 Å². The van der Waals surface area contributed by atoms with Crippen molar-refractivity contribution in [3.8, 4) is 0 Å². The van der Waals surface area contributed by atoms with Gasteiger partial charge in [0.1, 0.15) is 7.85 Å². The van der Waals surface area contributed by atoms with Gasteiger partial charge in [0.2, 0.25) is 11.8 Å². The summed E-state index contributed by atoms with van der Waals surface area (Å²) in [5.41, 5.74) is 6.75. The SMILES string of the molecule is B[C@]1(N2Cc3c(N)cccc3C2=O)CCCC(=O)NC1=O. The number of carbonyl (C=O) groups is 3. The molecule has 1 aromatic rings. The third-order valence-corrected chi connectivity index (χ3v) is 4.41. The molecule has 3 N–H and O–H groups in total. The Labute approximate surface area is 123 Å². The zero-order valence-electron chi connectivity index (χ0n) is 11.8. The molecule has 2 heterocycles. The Morgan fingerprint density at radius 1 is 1.29 bits per heavy atom. The largest absolute Gasteiger partial charge is 0.398 e. The average Bonchev–Trinajstić information content (AvgIpc) is 2.71. The minimum atomic E-state index is -1.02. The fourth-order valence-corrected chi connectivity index (χ4v) is 3.04. The van der Waals surface area contributed by atoms with Gasteiger partial charge in [0, 0.05) is 29.8 Å². The molecule has 0 spiro atoms. The van der Waals surface area contributed by atoms with Crippen LogP contribution in [0.4, 0.5) is 5.69 Å². The van der Waals surface area contributed by atoms with E-state index < -0.39 is 11.3 Å². The molecule has 1 fully saturated rings. The number of nitrogen functional groups attached to an aromatic ring is 1. The molecule has 0 unspecified atom stereocenters. The first-order chi connectivity index (χ1) is 9.93. The normalized spacial score (nSPS) is 25.5. The number of nitrogens with zero attached hydrogens (tertiary/aromatic N) is 1. The number of fused-ring (bicyclic) bond motifs is 1. The fourth-order valence-electron chi connectivity index (χ4n) is 3.04. The van der Waals surface area contributed by atoms with E-state index in [-0.39, 0.29) is 11.8 Å². The van der Waals surface area contributed by atoms with Crippen LogP contribution < -0.4 is 11.1 Å². The summed E-state index contributed by atoms with van der Waals surface area (Å²) in [7, 11) is 1.71. The molecule has 3 amide bonds. The Balaban J connectivity index is 1.98. The highest BCUT2D eigenvalue weighted by molar-refractivity contribution is 6.31. The highest BCUT2D eigenvalue weighted by atomic mass is 16.2. The van der Waals surface area contributed by atoms with E-state index in [0.29, 0.717) is 37.1 Å². The monoisotopic (exact) mass is 285 g/mol. The fraction of sp³-hybridized carbons (Fsp3) is 0.357. The van der Waals surface area contributed by atoms with Crippen molar-refractivity contribution in [1.29, 1.82) is 0 Å². The van der Waals surface area contributed by atoms with Crippen molar-refractivity contribution in [2.75, 3.05) is 5.73 Å². The molecule has 21 heavy (non-hydrogen) atoms. The van der Waals surface area contributed by atoms with E-state index >= 15 is 0 Å². The van der Waals surface area contributed by atoms with Gasteiger partial charge in [0.15, 0.2) is 0 Å². The number of rotatable bonds is 1. The Morgan fingerprint density at radius 2 is 2.05 bits per heavy atom. The Bertz CT molecular complexity index is 661. The molecule has 3 rings (SSSR count). The lowest BCUT2D eigenvalue weighted by Gasteiger charge is -2.36. The van der Waals surface area contributed by atoms with E-state index in [1.54, 1.807) is 26.0 Å². The molecule has 108 valence electrons. The third-order valence-electron chi connectivity index (χ3n) is 4.41. The van der Waals surface area contributed by atoms with Crippen molar-refractivity contribution in [3.05, 3.63) is 29.3 Å². The predicted molar refractivity (Wildman–Crippen MR) is 79.0 cm³/mol. The Hall–Kier alpha value is -2.31. The summed E-state index contributed by atoms with van der Waals surface area (Å²) in [4.78, 5) is 38.0. The van der Waals surface area contributed by atoms with Crippen molar-refractivity contribution in [2.45, 2.75) is 31.2 Å². The van der Waals surface area contributed by atoms with E-state index in [1.165, 1.54) is 4.90 Å². The second-order valence-corrected chi connectivity index (χ2v) is 5.77. The number of nitrogens with one attached hydrogen (secondary N) is 1. The maximum Gasteiger partial charge on any atom is 0.254 e. The van der Waals surface area contributed by atoms with Gasteiger partial charge in [-0.25, -0.2) is 0 Å². The number of anilines is 1. The van der Waals surface area contributed by atoms with E-state index in [9.17, 15) is 14.4 Å². The molecule has 0 aliphatic carbocycles. The van der Waals surface area contributed by atoms with E-state index in [4.69, 9.17) is 5.73 Å². The third kappa shape index (κ3) is 2.00. The van der Waals surface area contributed by atoms with Crippen LogP contribution in [0.15, 0.2) is 18.2 Å². The standard InChI is InChI=1S/C14H16BN3O3/c15-14(6-2-5-11(19)17-13(14)21)18-7-9-8(12(18)20)3-1-4-10(9)16/h1,3-4H,2,5-7,15-16H2,(H,17,19,21)/t14-/m0/s1. The molecule has 6 nitrogen and oxygen atoms in total. The molecular formula is C14H16BN3O3. The lowest BCUT2D eigenvalue weighted by molar-refractivity contribution is -0.133. The number of carbonyl (C=O) groups excluding carboxylic acids is 3. The van der Waals surface area contributed by atoms with Gasteiger partial charge >= 0.3 is 0 Å². The van der Waals surface area contributed by atoms with Crippen LogP contribution in [0, 0.1) is 0 Å². The maximum atomic E-state index is 12.6. The molecular weight excluding hydrogens is 269 g/mol. The molecule has 0 bridgehead atoms. The average molecular weight is 285 g/mol. The summed E-state index contributed by atoms with van der Waals surface area (Å²) in [6, 6.07) is 5.19. The van der Waals surface area contributed by atoms with E-state index in [0.717, 1.165) is 5.56 Å². The van der Waals surface area contributed by atoms with Crippen molar-refractivity contribution >= 4 is 31.3 Å². The number of hydrogen-bond acceptors (Lipinski definition) is 4. The van der Waals surface area contributed by atoms with Crippen molar-refractivity contribution < 1.29 is 14.4 Å². The second kappa shape index (κ2) is 4.61. The summed E-state index contributed by atoms with van der Waals surface area (Å²) in [5.74, 6) is -0.901. The smallest absolute Gasteiger partial charge is 0.254 e. The molecule has 7 heteroatoms. The van der Waals surface area contributed by atoms with Gasteiger partial charge in [0.05, 0.1) is 5.44 Å². The van der Waals surface area contributed by atoms with Crippen molar-refractivity contribution in [1.82, 2.24) is 10.2 Å². The zero-order chi connectivity index (χ0) is 15.2. The molecule has 1 aromatic carbocycles. The second-order valence-electron chi connectivity index (χ2n) is 5.77. The van der Waals surface area contributed by atoms with Gasteiger partial charge in [-0.15, -0.1) is 0 Å². The van der Waals surface area contributed by atoms with Crippen LogP contribution in [-0.4, -0.2) is 35.9 Å². The summed E-state index contributed by atoms with van der Waals surface area (Å²) >= 11 is 0. The molecule has 2 aliphatic rings. The first kappa shape index (κ1) is 13.7. The van der Waals surface area contributed by atoms with Crippen LogP contribution in [-0.2, 0) is 16.1 Å². The number of hydrogen-bond donors (Lipinski definition) is 2. The number of benzene rings is 1. The highest BCUT2D eigenvalue weighted by Crippen LogP contribution is 2.34. The zero-order valence-corrected chi connectivity index (χ0v) is 11.8. The van der Waals surface area contributed by atoms with Gasteiger partial charge < -0.3 is 10.6 Å². The lowest BCUT2D eigenvalue weighted by Crippen LogP contribution is -2.59. The van der Waals surface area contributed by atoms with Gasteiger partial charge in [-0.05, 0) is 25.0 Å². The first-order valence-corrected chi connectivity index (χ1v) is 6.97. The van der Waals surface area contributed by atoms with Crippen LogP contribution in [0.1, 0.15) is 35.2 Å². The summed E-state index contributed by atoms with van der Waals surface area (Å²) in [5, 5.41) is 2.37. The van der Waals surface area contributed by atoms with Crippen LogP contribution >= 0.6 is 0 Å². The van der Waals surface area contributed by atoms with Gasteiger partial charge in [-0.1, -0.05) is 6.07 Å². The van der Waals surface area contributed by atoms with Crippen LogP contribution in [0.3, 0.4) is 0 Å². The summed E-state index contributed by atoms with van der Waals surface area (Å²) in [6.45, 7) is 0.305. The molecule has 2 aliphatic heterocycles. The summed E-state index contributed by atoms with van der Waals surface area (Å²) < 4.78 is 0. The lowest BCUT2D eigenvalue weighted by atomic mass is 9.72. The first-order valence-electron chi connectivity index (χ1n) is 6.97. The maximum absolute atomic E-state index is 12.6. The number of imide groups is 1. The molecule has 0 radical (unpaired) electrons. The molecule has 1 atom stereocenters. The topological polar surface area (TPSA) is 92.5 Å². The minimum Gasteiger partial charge on any atom is -0.398 e. The molecule has 1 saturated heterocycles. The molecule has 0 saturated carbocycles. The number of nitrogens with two attached hydrogens (primary N) is 1. The minimum absolute atomic E-state index is 0.204. The Kier molecular flexibility index (Phi) is 3.00. The van der Waals surface area contributed by atoms with Crippen LogP contribution in [0.2, 0.25) is 0 Å². The van der Waals surface area contributed by atoms with Crippen molar-refractivity contribution in [2.24, 2.45) is 0 Å². The number of amides is 3. The highest BCUT2D eigenvalue weighted by Gasteiger charge is 2.47. The quantitative estimate of drug-likeness (QED) is 0.408. The van der Waals surface area contributed by atoms with Crippen LogP contribution in [0.5, 0.6) is 0 Å². The summed E-state index contributed by atoms with van der Waals surface area (Å²) in [6.07, 6.45) is 1.34. The van der Waals surface area contributed by atoms with E-state index in [1.807, 2.05) is 0 Å². The van der Waals surface area contributed by atoms with Crippen LogP contribution in [0.25, 0.3) is 0 Å². The van der Waals surface area contributed by atoms with E-state index in [2.05, 4.69) is 5.32 Å². The molecule has 0 aromatic heterocycles.